The third-order valence-corrected chi connectivity index (χ3v) is 4.74. The third-order valence-electron chi connectivity index (χ3n) is 4.74. The number of aryl methyl sites for hydroxylation is 1. The molecule has 2 aliphatic rings. The average Bonchev–Trinajstić information content (AvgIpc) is 2.94. The van der Waals surface area contributed by atoms with Gasteiger partial charge in [0, 0.05) is 18.5 Å². The standard InChI is InChI=1S/C18H27N3O2/c1-13-3-5-15(6-4-13)21-17(19)20-11-16-12-22-18(23-16)9-7-14(2)8-10-18/h3-6,14,16H,7-12H2,1-2H3,(H3,19,20,21). The molecule has 1 spiro atoms. The molecule has 3 N–H and O–H groups in total. The smallest absolute Gasteiger partial charge is 0.193 e. The lowest BCUT2D eigenvalue weighted by atomic mass is 9.86. The summed E-state index contributed by atoms with van der Waals surface area (Å²) in [7, 11) is 0. The van der Waals surface area contributed by atoms with Crippen molar-refractivity contribution in [2.45, 2.75) is 51.4 Å². The maximum Gasteiger partial charge on any atom is 0.193 e. The quantitative estimate of drug-likeness (QED) is 0.664. The van der Waals surface area contributed by atoms with Gasteiger partial charge in [-0.25, -0.2) is 0 Å². The Morgan fingerprint density at radius 2 is 2.00 bits per heavy atom. The summed E-state index contributed by atoms with van der Waals surface area (Å²) < 4.78 is 12.1. The van der Waals surface area contributed by atoms with Crippen molar-refractivity contribution in [2.24, 2.45) is 16.6 Å². The van der Waals surface area contributed by atoms with Gasteiger partial charge in [-0.2, -0.15) is 0 Å². The average molecular weight is 317 g/mol. The second kappa shape index (κ2) is 6.89. The van der Waals surface area contributed by atoms with Crippen molar-refractivity contribution in [1.29, 1.82) is 0 Å². The number of nitrogens with one attached hydrogen (secondary N) is 1. The first kappa shape index (κ1) is 16.3. The molecule has 5 nitrogen and oxygen atoms in total. The van der Waals surface area contributed by atoms with Crippen LogP contribution in [0.3, 0.4) is 0 Å². The SMILES string of the molecule is Cc1ccc(NC(N)=NCC2COC3(CCC(C)CC3)O2)cc1. The van der Waals surface area contributed by atoms with Gasteiger partial charge in [0.05, 0.1) is 13.2 Å². The van der Waals surface area contributed by atoms with Gasteiger partial charge in [-0.3, -0.25) is 4.99 Å². The fourth-order valence-corrected chi connectivity index (χ4v) is 3.20. The molecule has 5 heteroatoms. The topological polar surface area (TPSA) is 68.9 Å². The van der Waals surface area contributed by atoms with E-state index in [2.05, 4.69) is 24.2 Å². The Morgan fingerprint density at radius 1 is 1.30 bits per heavy atom. The molecule has 1 aliphatic heterocycles. The number of guanidine groups is 1. The van der Waals surface area contributed by atoms with Crippen LogP contribution in [0.25, 0.3) is 0 Å². The number of anilines is 1. The summed E-state index contributed by atoms with van der Waals surface area (Å²) in [6.07, 6.45) is 4.33. The van der Waals surface area contributed by atoms with Gasteiger partial charge in [0.2, 0.25) is 0 Å². The van der Waals surface area contributed by atoms with Gasteiger partial charge in [0.15, 0.2) is 11.7 Å². The maximum atomic E-state index is 6.14. The number of benzene rings is 1. The molecular formula is C18H27N3O2. The number of hydrogen-bond acceptors (Lipinski definition) is 3. The van der Waals surface area contributed by atoms with E-state index in [4.69, 9.17) is 15.2 Å². The second-order valence-corrected chi connectivity index (χ2v) is 6.86. The first-order valence-corrected chi connectivity index (χ1v) is 8.50. The van der Waals surface area contributed by atoms with E-state index >= 15 is 0 Å². The molecule has 2 fully saturated rings. The molecule has 1 aliphatic carbocycles. The minimum atomic E-state index is -0.355. The predicted molar refractivity (Wildman–Crippen MR) is 92.5 cm³/mol. The largest absolute Gasteiger partial charge is 0.370 e. The fourth-order valence-electron chi connectivity index (χ4n) is 3.20. The highest BCUT2D eigenvalue weighted by atomic mass is 16.7. The molecule has 126 valence electrons. The zero-order valence-electron chi connectivity index (χ0n) is 14.0. The molecule has 23 heavy (non-hydrogen) atoms. The normalized spacial score (nSPS) is 31.5. The highest BCUT2D eigenvalue weighted by molar-refractivity contribution is 5.92. The summed E-state index contributed by atoms with van der Waals surface area (Å²) in [4.78, 5) is 4.40. The van der Waals surface area contributed by atoms with Gasteiger partial charge < -0.3 is 20.5 Å². The van der Waals surface area contributed by atoms with E-state index in [9.17, 15) is 0 Å². The van der Waals surface area contributed by atoms with Crippen molar-refractivity contribution in [2.75, 3.05) is 18.5 Å². The van der Waals surface area contributed by atoms with Crippen LogP contribution < -0.4 is 11.1 Å². The molecule has 0 radical (unpaired) electrons. The molecule has 1 aromatic rings. The Kier molecular flexibility index (Phi) is 4.87. The van der Waals surface area contributed by atoms with E-state index in [1.54, 1.807) is 0 Å². The maximum absolute atomic E-state index is 6.14. The Bertz CT molecular complexity index is 548. The minimum absolute atomic E-state index is 0.00164. The van der Waals surface area contributed by atoms with Gasteiger partial charge >= 0.3 is 0 Å². The van der Waals surface area contributed by atoms with E-state index < -0.39 is 0 Å². The zero-order valence-corrected chi connectivity index (χ0v) is 14.0. The minimum Gasteiger partial charge on any atom is -0.370 e. The summed E-state index contributed by atoms with van der Waals surface area (Å²) >= 11 is 0. The number of ether oxygens (including phenoxy) is 2. The van der Waals surface area contributed by atoms with Crippen molar-refractivity contribution in [3.8, 4) is 0 Å². The van der Waals surface area contributed by atoms with Crippen LogP contribution in [0, 0.1) is 12.8 Å². The van der Waals surface area contributed by atoms with Crippen LogP contribution >= 0.6 is 0 Å². The van der Waals surface area contributed by atoms with E-state index in [0.717, 1.165) is 24.4 Å². The van der Waals surface area contributed by atoms with E-state index in [1.165, 1.54) is 18.4 Å². The highest BCUT2D eigenvalue weighted by Crippen LogP contribution is 2.39. The Labute approximate surface area is 138 Å². The summed E-state index contributed by atoms with van der Waals surface area (Å²) in [6, 6.07) is 8.06. The number of nitrogens with zero attached hydrogens (tertiary/aromatic N) is 1. The monoisotopic (exact) mass is 317 g/mol. The Morgan fingerprint density at radius 3 is 2.70 bits per heavy atom. The van der Waals surface area contributed by atoms with Crippen LogP contribution in [0.15, 0.2) is 29.3 Å². The van der Waals surface area contributed by atoms with Gasteiger partial charge in [-0.1, -0.05) is 24.6 Å². The number of hydrogen-bond donors (Lipinski definition) is 2. The second-order valence-electron chi connectivity index (χ2n) is 6.86. The van der Waals surface area contributed by atoms with E-state index in [1.807, 2.05) is 24.3 Å². The summed E-state index contributed by atoms with van der Waals surface area (Å²) in [5, 5.41) is 3.10. The van der Waals surface area contributed by atoms with E-state index in [0.29, 0.717) is 19.1 Å². The molecule has 1 atom stereocenters. The molecule has 1 saturated carbocycles. The van der Waals surface area contributed by atoms with E-state index in [-0.39, 0.29) is 11.9 Å². The van der Waals surface area contributed by atoms with Gasteiger partial charge in [0.25, 0.3) is 0 Å². The lowest BCUT2D eigenvalue weighted by molar-refractivity contribution is -0.190. The first-order chi connectivity index (χ1) is 11.0. The lowest BCUT2D eigenvalue weighted by Gasteiger charge is -2.34. The van der Waals surface area contributed by atoms with Crippen molar-refractivity contribution >= 4 is 11.6 Å². The van der Waals surface area contributed by atoms with Crippen molar-refractivity contribution in [3.63, 3.8) is 0 Å². The van der Waals surface area contributed by atoms with Crippen LogP contribution in [0.4, 0.5) is 5.69 Å². The predicted octanol–water partition coefficient (Wildman–Crippen LogP) is 3.04. The van der Waals surface area contributed by atoms with Crippen LogP contribution in [0.2, 0.25) is 0 Å². The third kappa shape index (κ3) is 4.24. The molecule has 1 unspecified atom stereocenters. The Balaban J connectivity index is 1.49. The lowest BCUT2D eigenvalue weighted by Crippen LogP contribution is -2.35. The summed E-state index contributed by atoms with van der Waals surface area (Å²) in [5.74, 6) is 0.834. The van der Waals surface area contributed by atoms with Crippen LogP contribution in [0.1, 0.15) is 38.2 Å². The van der Waals surface area contributed by atoms with Crippen LogP contribution in [0.5, 0.6) is 0 Å². The number of nitrogens with two attached hydrogens (primary N) is 1. The highest BCUT2D eigenvalue weighted by Gasteiger charge is 2.43. The van der Waals surface area contributed by atoms with Gasteiger partial charge in [-0.05, 0) is 37.8 Å². The number of aliphatic imine (C=N–C) groups is 1. The molecular weight excluding hydrogens is 290 g/mol. The molecule has 3 rings (SSSR count). The number of rotatable bonds is 3. The molecule has 0 aromatic heterocycles. The fraction of sp³-hybridized carbons (Fsp3) is 0.611. The summed E-state index contributed by atoms with van der Waals surface area (Å²) in [5.41, 5.74) is 8.11. The molecule has 0 bridgehead atoms. The molecule has 1 saturated heterocycles. The zero-order chi connectivity index (χ0) is 16.3. The van der Waals surface area contributed by atoms with Crippen molar-refractivity contribution in [3.05, 3.63) is 29.8 Å². The van der Waals surface area contributed by atoms with Gasteiger partial charge in [-0.15, -0.1) is 0 Å². The summed E-state index contributed by atoms with van der Waals surface area (Å²) in [6.45, 7) is 5.49. The van der Waals surface area contributed by atoms with Gasteiger partial charge in [0.1, 0.15) is 6.10 Å². The van der Waals surface area contributed by atoms with Crippen LogP contribution in [-0.4, -0.2) is 31.0 Å². The first-order valence-electron chi connectivity index (χ1n) is 8.50. The van der Waals surface area contributed by atoms with Crippen molar-refractivity contribution in [1.82, 2.24) is 0 Å². The molecule has 1 heterocycles. The molecule has 0 amide bonds. The Hall–Kier alpha value is -1.59. The molecule has 1 aromatic carbocycles. The van der Waals surface area contributed by atoms with Crippen LogP contribution in [-0.2, 0) is 9.47 Å². The van der Waals surface area contributed by atoms with Crippen molar-refractivity contribution < 1.29 is 9.47 Å².